The first-order valence-electron chi connectivity index (χ1n) is 8.15. The first-order valence-corrected chi connectivity index (χ1v) is 8.15. The minimum atomic E-state index is -0.604. The van der Waals surface area contributed by atoms with Crippen LogP contribution in [0.2, 0.25) is 0 Å². The van der Waals surface area contributed by atoms with Gasteiger partial charge in [0.05, 0.1) is 5.56 Å². The lowest BCUT2D eigenvalue weighted by Gasteiger charge is -2.33. The van der Waals surface area contributed by atoms with E-state index >= 15 is 0 Å². The molecule has 0 spiro atoms. The molecule has 0 saturated carbocycles. The molecule has 6 heteroatoms. The van der Waals surface area contributed by atoms with Crippen LogP contribution >= 0.6 is 0 Å². The van der Waals surface area contributed by atoms with Crippen molar-refractivity contribution in [3.63, 3.8) is 0 Å². The van der Waals surface area contributed by atoms with Gasteiger partial charge in [-0.05, 0) is 51.2 Å². The van der Waals surface area contributed by atoms with Crippen LogP contribution in [0.5, 0.6) is 0 Å². The van der Waals surface area contributed by atoms with Crippen molar-refractivity contribution in [3.8, 4) is 0 Å². The highest BCUT2D eigenvalue weighted by Gasteiger charge is 2.31. The molecule has 2 rings (SSSR count). The predicted octanol–water partition coefficient (Wildman–Crippen LogP) is 1.64. The number of rotatable bonds is 4. The molecule has 1 saturated heterocycles. The van der Waals surface area contributed by atoms with Gasteiger partial charge in [-0.3, -0.25) is 9.59 Å². The number of amides is 2. The third-order valence-electron chi connectivity index (χ3n) is 4.36. The molecule has 6 nitrogen and oxygen atoms in total. The number of esters is 1. The highest BCUT2D eigenvalue weighted by atomic mass is 16.5. The molecule has 1 aromatic carbocycles. The molecule has 1 heterocycles. The van der Waals surface area contributed by atoms with Crippen molar-refractivity contribution < 1.29 is 19.1 Å². The molecule has 0 aliphatic carbocycles. The van der Waals surface area contributed by atoms with E-state index in [1.54, 1.807) is 0 Å². The Morgan fingerprint density at radius 1 is 1.17 bits per heavy atom. The maximum absolute atomic E-state index is 12.3. The normalized spacial score (nSPS) is 17.5. The molecule has 0 bridgehead atoms. The summed E-state index contributed by atoms with van der Waals surface area (Å²) < 4.78 is 5.19. The number of primary amides is 1. The summed E-state index contributed by atoms with van der Waals surface area (Å²) in [5.41, 5.74) is 8.54. The summed E-state index contributed by atoms with van der Waals surface area (Å²) in [6, 6.07) is 3.20. The van der Waals surface area contributed by atoms with Crippen LogP contribution in [0.4, 0.5) is 0 Å². The summed E-state index contributed by atoms with van der Waals surface area (Å²) in [7, 11) is 0. The number of carbonyl (C=O) groups excluding carboxylic acids is 3. The quantitative estimate of drug-likeness (QED) is 0.849. The zero-order valence-electron chi connectivity index (χ0n) is 14.4. The Bertz CT molecular complexity index is 646. The molecule has 1 atom stereocenters. The van der Waals surface area contributed by atoms with Crippen LogP contribution < -0.4 is 5.73 Å². The number of ether oxygens (including phenoxy) is 1. The van der Waals surface area contributed by atoms with Gasteiger partial charge in [0.15, 0.2) is 6.61 Å². The Morgan fingerprint density at radius 2 is 1.79 bits per heavy atom. The van der Waals surface area contributed by atoms with Crippen LogP contribution in [0.3, 0.4) is 0 Å². The van der Waals surface area contributed by atoms with E-state index in [2.05, 4.69) is 0 Å². The van der Waals surface area contributed by atoms with Gasteiger partial charge in [-0.1, -0.05) is 17.7 Å². The predicted molar refractivity (Wildman–Crippen MR) is 89.5 cm³/mol. The van der Waals surface area contributed by atoms with E-state index < -0.39 is 17.9 Å². The van der Waals surface area contributed by atoms with E-state index in [9.17, 15) is 14.4 Å². The summed E-state index contributed by atoms with van der Waals surface area (Å²) in [6.45, 7) is 5.72. The zero-order valence-corrected chi connectivity index (χ0v) is 14.4. The van der Waals surface area contributed by atoms with Crippen molar-refractivity contribution in [1.29, 1.82) is 0 Å². The molecule has 24 heavy (non-hydrogen) atoms. The monoisotopic (exact) mass is 332 g/mol. The van der Waals surface area contributed by atoms with Crippen LogP contribution in [0.15, 0.2) is 12.1 Å². The van der Waals surface area contributed by atoms with E-state index in [-0.39, 0.29) is 12.5 Å². The van der Waals surface area contributed by atoms with Crippen LogP contribution in [0.25, 0.3) is 0 Å². The lowest BCUT2D eigenvalue weighted by atomic mass is 10.00. The van der Waals surface area contributed by atoms with E-state index in [1.165, 1.54) is 4.90 Å². The van der Waals surface area contributed by atoms with Crippen molar-refractivity contribution in [1.82, 2.24) is 4.90 Å². The fraction of sp³-hybridized carbons (Fsp3) is 0.500. The molecule has 0 radical (unpaired) electrons. The Labute approximate surface area is 142 Å². The number of hydrogen-bond acceptors (Lipinski definition) is 4. The lowest BCUT2D eigenvalue weighted by molar-refractivity contribution is -0.143. The van der Waals surface area contributed by atoms with Gasteiger partial charge in [-0.2, -0.15) is 0 Å². The maximum atomic E-state index is 12.3. The van der Waals surface area contributed by atoms with Crippen molar-refractivity contribution in [2.24, 2.45) is 5.73 Å². The molecular formula is C18H24N2O4. The third-order valence-corrected chi connectivity index (χ3v) is 4.36. The highest BCUT2D eigenvalue weighted by Crippen LogP contribution is 2.19. The van der Waals surface area contributed by atoms with Gasteiger partial charge in [0.25, 0.3) is 5.91 Å². The molecule has 130 valence electrons. The van der Waals surface area contributed by atoms with Crippen LogP contribution in [-0.4, -0.2) is 41.9 Å². The first-order chi connectivity index (χ1) is 11.3. The highest BCUT2D eigenvalue weighted by molar-refractivity contribution is 5.94. The summed E-state index contributed by atoms with van der Waals surface area (Å²) in [5.74, 6) is -1.42. The molecule has 1 aliphatic heterocycles. The van der Waals surface area contributed by atoms with E-state index in [0.717, 1.165) is 29.5 Å². The molecule has 2 N–H and O–H groups in total. The second-order valence-corrected chi connectivity index (χ2v) is 6.35. The molecule has 1 aliphatic rings. The van der Waals surface area contributed by atoms with Gasteiger partial charge in [0.1, 0.15) is 6.04 Å². The first kappa shape index (κ1) is 18.0. The molecular weight excluding hydrogens is 308 g/mol. The van der Waals surface area contributed by atoms with Crippen LogP contribution in [0.1, 0.15) is 46.3 Å². The molecule has 0 aromatic heterocycles. The van der Waals surface area contributed by atoms with Crippen LogP contribution in [0, 0.1) is 20.8 Å². The van der Waals surface area contributed by atoms with E-state index in [1.807, 2.05) is 32.9 Å². The van der Waals surface area contributed by atoms with Gasteiger partial charge in [-0.15, -0.1) is 0 Å². The Hall–Kier alpha value is -2.37. The zero-order chi connectivity index (χ0) is 17.9. The number of nitrogens with two attached hydrogens (primary N) is 1. The molecule has 2 amide bonds. The maximum Gasteiger partial charge on any atom is 0.339 e. The summed E-state index contributed by atoms with van der Waals surface area (Å²) in [6.07, 6.45) is 2.24. The lowest BCUT2D eigenvalue weighted by Crippen LogP contribution is -2.51. The molecule has 1 aromatic rings. The largest absolute Gasteiger partial charge is 0.452 e. The minimum Gasteiger partial charge on any atom is -0.452 e. The molecule has 0 unspecified atom stereocenters. The Morgan fingerprint density at radius 3 is 2.38 bits per heavy atom. The Balaban J connectivity index is 2.03. The average molecular weight is 332 g/mol. The number of carbonyl (C=O) groups is 3. The van der Waals surface area contributed by atoms with Gasteiger partial charge >= 0.3 is 5.97 Å². The number of nitrogens with zero attached hydrogens (tertiary/aromatic N) is 1. The number of hydrogen-bond donors (Lipinski definition) is 1. The standard InChI is InChI=1S/C18H24N2O4/c1-11-8-12(2)16(13(3)9-11)18(23)24-10-15(21)20-7-5-4-6-14(20)17(19)22/h8-9,14H,4-7,10H2,1-3H3,(H2,19,22)/t14-/m1/s1. The molecule has 1 fully saturated rings. The van der Waals surface area contributed by atoms with Crippen molar-refractivity contribution in [2.75, 3.05) is 13.2 Å². The number of piperidine rings is 1. The topological polar surface area (TPSA) is 89.7 Å². The van der Waals surface area contributed by atoms with E-state index in [4.69, 9.17) is 10.5 Å². The average Bonchev–Trinajstić information content (AvgIpc) is 2.51. The Kier molecular flexibility index (Phi) is 5.59. The number of benzene rings is 1. The van der Waals surface area contributed by atoms with Crippen molar-refractivity contribution in [2.45, 2.75) is 46.1 Å². The third kappa shape index (κ3) is 3.93. The van der Waals surface area contributed by atoms with Gasteiger partial charge in [0.2, 0.25) is 5.91 Å². The van der Waals surface area contributed by atoms with Gasteiger partial charge < -0.3 is 15.4 Å². The van der Waals surface area contributed by atoms with Crippen molar-refractivity contribution >= 4 is 17.8 Å². The van der Waals surface area contributed by atoms with Crippen LogP contribution in [-0.2, 0) is 14.3 Å². The minimum absolute atomic E-state index is 0.380. The fourth-order valence-electron chi connectivity index (χ4n) is 3.31. The summed E-state index contributed by atoms with van der Waals surface area (Å²) >= 11 is 0. The van der Waals surface area contributed by atoms with Gasteiger partial charge in [-0.25, -0.2) is 4.79 Å². The van der Waals surface area contributed by atoms with E-state index in [0.29, 0.717) is 18.5 Å². The smallest absolute Gasteiger partial charge is 0.339 e. The number of likely N-dealkylation sites (tertiary alicyclic amines) is 1. The summed E-state index contributed by atoms with van der Waals surface area (Å²) in [4.78, 5) is 37.5. The summed E-state index contributed by atoms with van der Waals surface area (Å²) in [5, 5.41) is 0. The second kappa shape index (κ2) is 7.47. The van der Waals surface area contributed by atoms with Gasteiger partial charge in [0, 0.05) is 6.54 Å². The van der Waals surface area contributed by atoms with Crippen molar-refractivity contribution in [3.05, 3.63) is 34.4 Å². The fourth-order valence-corrected chi connectivity index (χ4v) is 3.31. The number of aryl methyl sites for hydroxylation is 3. The second-order valence-electron chi connectivity index (χ2n) is 6.35. The SMILES string of the molecule is Cc1cc(C)c(C(=O)OCC(=O)N2CCCC[C@@H]2C(N)=O)c(C)c1.